The summed E-state index contributed by atoms with van der Waals surface area (Å²) in [6, 6.07) is -0.495. The number of aliphatic hydroxyl groups is 1. The highest BCUT2D eigenvalue weighted by atomic mass is 19.3. The van der Waals surface area contributed by atoms with Crippen LogP contribution >= 0.6 is 0 Å². The van der Waals surface area contributed by atoms with E-state index in [0.717, 1.165) is 0 Å². The Balaban J connectivity index is 3.02. The van der Waals surface area contributed by atoms with Crippen molar-refractivity contribution in [2.45, 2.75) is 45.3 Å². The summed E-state index contributed by atoms with van der Waals surface area (Å²) >= 11 is 0. The second kappa shape index (κ2) is 4.34. The highest BCUT2D eigenvalue weighted by Gasteiger charge is 2.61. The minimum absolute atomic E-state index is 0.136. The van der Waals surface area contributed by atoms with Gasteiger partial charge in [-0.05, 0) is 19.4 Å². The van der Waals surface area contributed by atoms with Crippen LogP contribution in [0.2, 0.25) is 0 Å². The second-order valence-corrected chi connectivity index (χ2v) is 4.76. The normalized spacial score (nSPS) is 40.0. The van der Waals surface area contributed by atoms with Crippen molar-refractivity contribution in [3.63, 3.8) is 0 Å². The van der Waals surface area contributed by atoms with E-state index in [9.17, 15) is 13.9 Å². The van der Waals surface area contributed by atoms with Gasteiger partial charge in [0.1, 0.15) is 0 Å². The van der Waals surface area contributed by atoms with E-state index in [4.69, 9.17) is 0 Å². The van der Waals surface area contributed by atoms with Crippen LogP contribution in [0.15, 0.2) is 0 Å². The second-order valence-electron chi connectivity index (χ2n) is 4.76. The summed E-state index contributed by atoms with van der Waals surface area (Å²) in [5.41, 5.74) is 0. The van der Waals surface area contributed by atoms with E-state index in [1.165, 1.54) is 0 Å². The molecule has 1 fully saturated rings. The molecule has 4 unspecified atom stereocenters. The SMILES string of the molecule is CCC1C(O)C(NC)C(C(C)C)C1(F)F. The van der Waals surface area contributed by atoms with Crippen molar-refractivity contribution >= 4 is 0 Å². The number of rotatable bonds is 3. The highest BCUT2D eigenvalue weighted by Crippen LogP contribution is 2.49. The first-order chi connectivity index (χ1) is 6.87. The molecular weight excluding hydrogens is 200 g/mol. The van der Waals surface area contributed by atoms with E-state index in [1.54, 1.807) is 27.8 Å². The maximum Gasteiger partial charge on any atom is 0.258 e. The van der Waals surface area contributed by atoms with Crippen molar-refractivity contribution in [1.82, 2.24) is 5.32 Å². The quantitative estimate of drug-likeness (QED) is 0.762. The molecule has 0 heterocycles. The highest BCUT2D eigenvalue weighted by molar-refractivity contribution is 5.06. The smallest absolute Gasteiger partial charge is 0.258 e. The van der Waals surface area contributed by atoms with Crippen molar-refractivity contribution in [3.8, 4) is 0 Å². The summed E-state index contributed by atoms with van der Waals surface area (Å²) in [5.74, 6) is -4.59. The van der Waals surface area contributed by atoms with Gasteiger partial charge in [0.15, 0.2) is 0 Å². The van der Waals surface area contributed by atoms with Crippen molar-refractivity contribution in [3.05, 3.63) is 0 Å². The van der Waals surface area contributed by atoms with Gasteiger partial charge >= 0.3 is 0 Å². The minimum Gasteiger partial charge on any atom is -0.391 e. The van der Waals surface area contributed by atoms with Crippen LogP contribution in [0.3, 0.4) is 0 Å². The molecule has 0 aromatic heterocycles. The summed E-state index contributed by atoms with van der Waals surface area (Å²) < 4.78 is 28.0. The number of likely N-dealkylation sites (N-methyl/N-ethyl adjacent to an activating group) is 1. The van der Waals surface area contributed by atoms with E-state index >= 15 is 0 Å². The molecule has 0 spiro atoms. The van der Waals surface area contributed by atoms with E-state index in [0.29, 0.717) is 6.42 Å². The zero-order valence-electron chi connectivity index (χ0n) is 9.80. The average molecular weight is 221 g/mol. The van der Waals surface area contributed by atoms with Gasteiger partial charge in [0.05, 0.1) is 12.0 Å². The molecule has 1 rings (SSSR count). The molecule has 15 heavy (non-hydrogen) atoms. The van der Waals surface area contributed by atoms with Gasteiger partial charge < -0.3 is 10.4 Å². The molecule has 0 bridgehead atoms. The average Bonchev–Trinajstić information content (AvgIpc) is 2.31. The molecule has 2 N–H and O–H groups in total. The van der Waals surface area contributed by atoms with Crippen LogP contribution in [0.5, 0.6) is 0 Å². The van der Waals surface area contributed by atoms with E-state index < -0.39 is 29.9 Å². The Bertz CT molecular complexity index is 221. The van der Waals surface area contributed by atoms with Gasteiger partial charge in [0, 0.05) is 12.0 Å². The Kier molecular flexibility index (Phi) is 3.71. The van der Waals surface area contributed by atoms with Crippen molar-refractivity contribution in [2.24, 2.45) is 17.8 Å². The first kappa shape index (κ1) is 12.8. The lowest BCUT2D eigenvalue weighted by Gasteiger charge is -2.28. The molecule has 0 amide bonds. The van der Waals surface area contributed by atoms with Crippen LogP contribution in [0.1, 0.15) is 27.2 Å². The Morgan fingerprint density at radius 3 is 2.20 bits per heavy atom. The van der Waals surface area contributed by atoms with Crippen LogP contribution in [-0.4, -0.2) is 30.2 Å². The van der Waals surface area contributed by atoms with Crippen molar-refractivity contribution in [1.29, 1.82) is 0 Å². The number of nitrogens with one attached hydrogen (secondary N) is 1. The van der Waals surface area contributed by atoms with Gasteiger partial charge in [-0.1, -0.05) is 20.8 Å². The third kappa shape index (κ3) is 1.89. The first-order valence-corrected chi connectivity index (χ1v) is 5.61. The van der Waals surface area contributed by atoms with Gasteiger partial charge in [-0.15, -0.1) is 0 Å². The largest absolute Gasteiger partial charge is 0.391 e. The van der Waals surface area contributed by atoms with Crippen LogP contribution in [0, 0.1) is 17.8 Å². The fourth-order valence-corrected chi connectivity index (χ4v) is 2.90. The number of alkyl halides is 2. The zero-order valence-corrected chi connectivity index (χ0v) is 9.80. The Hall–Kier alpha value is -0.220. The maximum absolute atomic E-state index is 14.0. The van der Waals surface area contributed by atoms with E-state index in [1.807, 2.05) is 0 Å². The minimum atomic E-state index is -2.77. The summed E-state index contributed by atoms with van der Waals surface area (Å²) in [5, 5.41) is 12.7. The Morgan fingerprint density at radius 2 is 1.93 bits per heavy atom. The standard InChI is InChI=1S/C11H21F2NO/c1-5-7-10(15)9(14-4)8(6(2)3)11(7,12)13/h6-10,14-15H,5H2,1-4H3. The fraction of sp³-hybridized carbons (Fsp3) is 1.00. The number of aliphatic hydroxyl groups excluding tert-OH is 1. The van der Waals surface area contributed by atoms with Gasteiger partial charge in [-0.3, -0.25) is 0 Å². The monoisotopic (exact) mass is 221 g/mol. The number of hydrogen-bond acceptors (Lipinski definition) is 2. The van der Waals surface area contributed by atoms with Gasteiger partial charge in [0.2, 0.25) is 0 Å². The topological polar surface area (TPSA) is 32.3 Å². The predicted molar refractivity (Wildman–Crippen MR) is 55.9 cm³/mol. The molecule has 0 aliphatic heterocycles. The van der Waals surface area contributed by atoms with E-state index in [2.05, 4.69) is 5.32 Å². The molecule has 1 aliphatic carbocycles. The van der Waals surface area contributed by atoms with E-state index in [-0.39, 0.29) is 5.92 Å². The molecule has 0 radical (unpaired) electrons. The molecule has 4 atom stereocenters. The molecule has 4 heteroatoms. The molecular formula is C11H21F2NO. The van der Waals surface area contributed by atoms with Crippen LogP contribution in [0.4, 0.5) is 8.78 Å². The number of hydrogen-bond donors (Lipinski definition) is 2. The Morgan fingerprint density at radius 1 is 1.40 bits per heavy atom. The lowest BCUT2D eigenvalue weighted by molar-refractivity contribution is -0.102. The summed E-state index contributed by atoms with van der Waals surface area (Å²) in [7, 11) is 1.64. The lowest BCUT2D eigenvalue weighted by atomic mass is 9.87. The molecule has 0 aromatic carbocycles. The fourth-order valence-electron chi connectivity index (χ4n) is 2.90. The molecule has 0 saturated heterocycles. The zero-order chi connectivity index (χ0) is 11.8. The number of halogens is 2. The van der Waals surface area contributed by atoms with Crippen LogP contribution < -0.4 is 5.32 Å². The van der Waals surface area contributed by atoms with Gasteiger partial charge in [0.25, 0.3) is 5.92 Å². The molecule has 0 aromatic rings. The summed E-state index contributed by atoms with van der Waals surface area (Å²) in [6.45, 7) is 5.28. The molecule has 1 saturated carbocycles. The summed E-state index contributed by atoms with van der Waals surface area (Å²) in [4.78, 5) is 0. The summed E-state index contributed by atoms with van der Waals surface area (Å²) in [6.07, 6.45) is -0.627. The first-order valence-electron chi connectivity index (χ1n) is 5.61. The predicted octanol–water partition coefficient (Wildman–Crippen LogP) is 1.88. The van der Waals surface area contributed by atoms with Crippen molar-refractivity contribution in [2.75, 3.05) is 7.05 Å². The molecule has 90 valence electrons. The lowest BCUT2D eigenvalue weighted by Crippen LogP contribution is -2.43. The maximum atomic E-state index is 14.0. The van der Waals surface area contributed by atoms with Gasteiger partial charge in [-0.2, -0.15) is 0 Å². The third-order valence-electron chi connectivity index (χ3n) is 3.60. The Labute approximate surface area is 90.1 Å². The third-order valence-corrected chi connectivity index (χ3v) is 3.60. The van der Waals surface area contributed by atoms with Crippen LogP contribution in [-0.2, 0) is 0 Å². The molecule has 1 aliphatic rings. The van der Waals surface area contributed by atoms with Crippen LogP contribution in [0.25, 0.3) is 0 Å². The van der Waals surface area contributed by atoms with Crippen molar-refractivity contribution < 1.29 is 13.9 Å². The van der Waals surface area contributed by atoms with Gasteiger partial charge in [-0.25, -0.2) is 8.78 Å². The molecule has 2 nitrogen and oxygen atoms in total.